The first kappa shape index (κ1) is 17.2. The number of halogens is 1. The zero-order valence-corrected chi connectivity index (χ0v) is 14.4. The molecule has 0 bridgehead atoms. The molecule has 0 radical (unpaired) electrons. The molecule has 25 heavy (non-hydrogen) atoms. The number of nitrogens with one attached hydrogen (secondary N) is 3. The standard InChI is InChI=1S/C18H18FN3O2S/c1-10-2-3-11-8-15(16(23)9-14(11)21-17(10)24)22-18(25)20-13-6-4-12(19)5-7-13/h4-10,23H,2-3H2,1H3,(H,21,24)(H2,20,22,25). The van der Waals surface area contributed by atoms with Crippen molar-refractivity contribution >= 4 is 40.3 Å². The first-order valence-corrected chi connectivity index (χ1v) is 8.33. The van der Waals surface area contributed by atoms with Gasteiger partial charge >= 0.3 is 0 Å². The fourth-order valence-corrected chi connectivity index (χ4v) is 2.86. The topological polar surface area (TPSA) is 73.4 Å². The van der Waals surface area contributed by atoms with Crippen LogP contribution < -0.4 is 16.0 Å². The quantitative estimate of drug-likeness (QED) is 0.484. The first-order valence-electron chi connectivity index (χ1n) is 7.92. The van der Waals surface area contributed by atoms with Crippen LogP contribution in [0.5, 0.6) is 5.75 Å². The highest BCUT2D eigenvalue weighted by molar-refractivity contribution is 7.80. The van der Waals surface area contributed by atoms with Gasteiger partial charge in [0.1, 0.15) is 11.6 Å². The predicted molar refractivity (Wildman–Crippen MR) is 100 cm³/mol. The van der Waals surface area contributed by atoms with Crippen molar-refractivity contribution in [2.75, 3.05) is 16.0 Å². The third-order valence-corrected chi connectivity index (χ3v) is 4.33. The highest BCUT2D eigenvalue weighted by atomic mass is 32.1. The minimum Gasteiger partial charge on any atom is -0.506 e. The summed E-state index contributed by atoms with van der Waals surface area (Å²) in [6.45, 7) is 1.88. The second-order valence-electron chi connectivity index (χ2n) is 6.04. The highest BCUT2D eigenvalue weighted by Crippen LogP contribution is 2.34. The summed E-state index contributed by atoms with van der Waals surface area (Å²) < 4.78 is 12.9. The molecular formula is C18H18FN3O2S. The van der Waals surface area contributed by atoms with Gasteiger partial charge in [-0.15, -0.1) is 0 Å². The lowest BCUT2D eigenvalue weighted by molar-refractivity contribution is -0.119. The molecule has 0 aromatic heterocycles. The Morgan fingerprint density at radius 1 is 1.28 bits per heavy atom. The Hall–Kier alpha value is -2.67. The number of hydrogen-bond donors (Lipinski definition) is 4. The van der Waals surface area contributed by atoms with Gasteiger partial charge in [0.15, 0.2) is 5.11 Å². The van der Waals surface area contributed by atoms with Gasteiger partial charge in [0.25, 0.3) is 0 Å². The van der Waals surface area contributed by atoms with Crippen molar-refractivity contribution < 1.29 is 14.3 Å². The lowest BCUT2D eigenvalue weighted by atomic mass is 10.0. The molecule has 0 spiro atoms. The maximum Gasteiger partial charge on any atom is 0.227 e. The summed E-state index contributed by atoms with van der Waals surface area (Å²) in [5.74, 6) is -0.472. The Bertz CT molecular complexity index is 824. The zero-order valence-electron chi connectivity index (χ0n) is 13.6. The predicted octanol–water partition coefficient (Wildman–Crippen LogP) is 3.86. The van der Waals surface area contributed by atoms with Crippen molar-refractivity contribution in [3.63, 3.8) is 0 Å². The van der Waals surface area contributed by atoms with E-state index in [1.165, 1.54) is 18.2 Å². The third-order valence-electron chi connectivity index (χ3n) is 4.12. The lowest BCUT2D eigenvalue weighted by Crippen LogP contribution is -2.19. The number of aryl methyl sites for hydroxylation is 1. The average Bonchev–Trinajstić information content (AvgIpc) is 2.70. The van der Waals surface area contributed by atoms with Crippen molar-refractivity contribution in [2.45, 2.75) is 19.8 Å². The number of anilines is 3. The molecule has 0 fully saturated rings. The summed E-state index contributed by atoms with van der Waals surface area (Å²) in [7, 11) is 0. The van der Waals surface area contributed by atoms with Gasteiger partial charge in [0.05, 0.1) is 5.69 Å². The molecule has 1 aliphatic heterocycles. The Balaban J connectivity index is 1.75. The molecule has 1 atom stereocenters. The van der Waals surface area contributed by atoms with Gasteiger partial charge in [-0.3, -0.25) is 4.79 Å². The van der Waals surface area contributed by atoms with Crippen LogP contribution in [-0.2, 0) is 11.2 Å². The largest absolute Gasteiger partial charge is 0.506 e. The molecule has 1 aliphatic rings. The molecule has 2 aromatic carbocycles. The molecule has 0 saturated heterocycles. The van der Waals surface area contributed by atoms with Crippen LogP contribution in [-0.4, -0.2) is 16.1 Å². The number of amides is 1. The molecule has 0 aliphatic carbocycles. The van der Waals surface area contributed by atoms with Gasteiger partial charge < -0.3 is 21.1 Å². The van der Waals surface area contributed by atoms with E-state index in [9.17, 15) is 14.3 Å². The van der Waals surface area contributed by atoms with Crippen LogP contribution in [0.1, 0.15) is 18.9 Å². The number of benzene rings is 2. The Labute approximate surface area is 150 Å². The number of rotatable bonds is 2. The molecule has 5 nitrogen and oxygen atoms in total. The highest BCUT2D eigenvalue weighted by Gasteiger charge is 2.21. The van der Waals surface area contributed by atoms with Crippen LogP contribution in [0.2, 0.25) is 0 Å². The van der Waals surface area contributed by atoms with Crippen molar-refractivity contribution in [3.05, 3.63) is 47.8 Å². The van der Waals surface area contributed by atoms with E-state index >= 15 is 0 Å². The molecule has 0 saturated carbocycles. The number of hydrogen-bond acceptors (Lipinski definition) is 3. The van der Waals surface area contributed by atoms with Gasteiger partial charge in [0, 0.05) is 23.4 Å². The summed E-state index contributed by atoms with van der Waals surface area (Å²) in [6.07, 6.45) is 1.46. The van der Waals surface area contributed by atoms with E-state index in [0.717, 1.165) is 18.4 Å². The van der Waals surface area contributed by atoms with Crippen LogP contribution >= 0.6 is 12.2 Å². The molecule has 1 heterocycles. The number of thiocarbonyl (C=S) groups is 1. The van der Waals surface area contributed by atoms with E-state index in [2.05, 4.69) is 16.0 Å². The minimum atomic E-state index is -0.330. The number of carbonyl (C=O) groups excluding carboxylic acids is 1. The van der Waals surface area contributed by atoms with E-state index in [1.807, 2.05) is 6.92 Å². The summed E-state index contributed by atoms with van der Waals surface area (Å²) in [4.78, 5) is 11.9. The van der Waals surface area contributed by atoms with Crippen LogP contribution in [0.15, 0.2) is 36.4 Å². The normalized spacial score (nSPS) is 16.4. The SMILES string of the molecule is CC1CCc2cc(NC(=S)Nc3ccc(F)cc3)c(O)cc2NC1=O. The molecule has 3 rings (SSSR count). The van der Waals surface area contributed by atoms with E-state index in [0.29, 0.717) is 17.1 Å². The molecule has 130 valence electrons. The summed E-state index contributed by atoms with van der Waals surface area (Å²) in [5, 5.41) is 19.2. The van der Waals surface area contributed by atoms with Crippen LogP contribution in [0.25, 0.3) is 0 Å². The number of phenolic OH excluding ortho intramolecular Hbond substituents is 1. The van der Waals surface area contributed by atoms with Crippen LogP contribution in [0, 0.1) is 11.7 Å². The van der Waals surface area contributed by atoms with Crippen molar-refractivity contribution in [3.8, 4) is 5.75 Å². The molecule has 2 aromatic rings. The molecule has 1 unspecified atom stereocenters. The zero-order chi connectivity index (χ0) is 18.0. The van der Waals surface area contributed by atoms with Crippen LogP contribution in [0.4, 0.5) is 21.5 Å². The molecular weight excluding hydrogens is 341 g/mol. The fraction of sp³-hybridized carbons (Fsp3) is 0.222. The number of aromatic hydroxyl groups is 1. The second-order valence-corrected chi connectivity index (χ2v) is 6.45. The summed E-state index contributed by atoms with van der Waals surface area (Å²) in [6, 6.07) is 9.09. The van der Waals surface area contributed by atoms with Crippen molar-refractivity contribution in [1.29, 1.82) is 0 Å². The summed E-state index contributed by atoms with van der Waals surface area (Å²) >= 11 is 5.23. The Morgan fingerprint density at radius 3 is 2.72 bits per heavy atom. The van der Waals surface area contributed by atoms with Gasteiger partial charge in [0.2, 0.25) is 5.91 Å². The Kier molecular flexibility index (Phi) is 4.85. The number of phenols is 1. The average molecular weight is 359 g/mol. The van der Waals surface area contributed by atoms with Gasteiger partial charge in [-0.2, -0.15) is 0 Å². The monoisotopic (exact) mass is 359 g/mol. The fourth-order valence-electron chi connectivity index (χ4n) is 2.63. The van der Waals surface area contributed by atoms with Gasteiger partial charge in [-0.1, -0.05) is 6.92 Å². The summed E-state index contributed by atoms with van der Waals surface area (Å²) in [5.41, 5.74) is 2.63. The van der Waals surface area contributed by atoms with E-state index in [1.54, 1.807) is 18.2 Å². The molecule has 7 heteroatoms. The number of fused-ring (bicyclic) bond motifs is 1. The Morgan fingerprint density at radius 2 is 2.00 bits per heavy atom. The minimum absolute atomic E-state index is 0.0168. The lowest BCUT2D eigenvalue weighted by Gasteiger charge is -2.15. The molecule has 4 N–H and O–H groups in total. The maximum atomic E-state index is 12.9. The number of carbonyl (C=O) groups is 1. The van der Waals surface area contributed by atoms with Crippen molar-refractivity contribution in [2.24, 2.45) is 5.92 Å². The van der Waals surface area contributed by atoms with Gasteiger partial charge in [-0.05, 0) is 61.0 Å². The van der Waals surface area contributed by atoms with Crippen LogP contribution in [0.3, 0.4) is 0 Å². The maximum absolute atomic E-state index is 12.9. The second kappa shape index (κ2) is 7.06. The smallest absolute Gasteiger partial charge is 0.227 e. The third kappa shape index (κ3) is 4.06. The van der Waals surface area contributed by atoms with E-state index in [4.69, 9.17) is 12.2 Å². The molecule has 1 amide bonds. The first-order chi connectivity index (χ1) is 11.9. The van der Waals surface area contributed by atoms with E-state index < -0.39 is 0 Å². The van der Waals surface area contributed by atoms with Gasteiger partial charge in [-0.25, -0.2) is 4.39 Å². The van der Waals surface area contributed by atoms with Crippen molar-refractivity contribution in [1.82, 2.24) is 0 Å². The van der Waals surface area contributed by atoms with E-state index in [-0.39, 0.29) is 28.5 Å².